The maximum absolute atomic E-state index is 12.8. The summed E-state index contributed by atoms with van der Waals surface area (Å²) in [7, 11) is 0. The van der Waals surface area contributed by atoms with E-state index in [0.29, 0.717) is 45.2 Å². The minimum Gasteiger partial charge on any atom is -0.405 e. The van der Waals surface area contributed by atoms with Gasteiger partial charge in [0.05, 0.1) is 18.8 Å². The Morgan fingerprint density at radius 3 is 2.03 bits per heavy atom. The molecule has 2 aliphatic rings. The third kappa shape index (κ3) is 5.16. The Morgan fingerprint density at radius 2 is 1.45 bits per heavy atom. The maximum Gasteiger partial charge on any atom is 0.573 e. The highest BCUT2D eigenvalue weighted by molar-refractivity contribution is 5.97. The summed E-state index contributed by atoms with van der Waals surface area (Å²) in [6.07, 6.45) is -4.86. The highest BCUT2D eigenvalue weighted by Crippen LogP contribution is 2.27. The highest BCUT2D eigenvalue weighted by atomic mass is 19.4. The first-order chi connectivity index (χ1) is 14.9. The summed E-state index contributed by atoms with van der Waals surface area (Å²) in [5.74, 6) is 0.507. The highest BCUT2D eigenvalue weighted by Gasteiger charge is 2.34. The molecule has 166 valence electrons. The molecule has 8 nitrogen and oxygen atoms in total. The molecule has 11 heteroatoms. The molecule has 2 aromatic rings. The number of benzene rings is 1. The molecule has 31 heavy (non-hydrogen) atoms. The maximum atomic E-state index is 12.8. The molecule has 0 spiro atoms. The number of carbonyl (C=O) groups excluding carboxylic acids is 1. The number of hydrogen-bond donors (Lipinski definition) is 0. The molecule has 2 saturated heterocycles. The smallest absolute Gasteiger partial charge is 0.405 e. The lowest BCUT2D eigenvalue weighted by Crippen LogP contribution is -2.49. The number of aromatic nitrogens is 2. The number of piperazine rings is 1. The standard InChI is InChI=1S/C20H22F3N5O3/c21-20(22,23)31-16-4-2-1-3-15(16)19(29)28-9-7-26(8-10-28)17-5-6-18(25-24-17)27-11-13-30-14-12-27/h1-6H,7-14H2. The van der Waals surface area contributed by atoms with Crippen molar-refractivity contribution in [2.24, 2.45) is 0 Å². The zero-order valence-corrected chi connectivity index (χ0v) is 16.7. The molecule has 4 rings (SSSR count). The third-order valence-corrected chi connectivity index (χ3v) is 5.21. The number of alkyl halides is 3. The number of ether oxygens (including phenoxy) is 2. The molecule has 2 aliphatic heterocycles. The molecular formula is C20H22F3N5O3. The van der Waals surface area contributed by atoms with Gasteiger partial charge in [-0.15, -0.1) is 23.4 Å². The third-order valence-electron chi connectivity index (χ3n) is 5.21. The Labute approximate surface area is 177 Å². The van der Waals surface area contributed by atoms with E-state index in [2.05, 4.69) is 19.8 Å². The van der Waals surface area contributed by atoms with E-state index in [9.17, 15) is 18.0 Å². The van der Waals surface area contributed by atoms with E-state index < -0.39 is 18.0 Å². The van der Waals surface area contributed by atoms with Crippen LogP contribution in [0.4, 0.5) is 24.8 Å². The van der Waals surface area contributed by atoms with Gasteiger partial charge in [0.15, 0.2) is 11.6 Å². The molecule has 0 unspecified atom stereocenters. The van der Waals surface area contributed by atoms with Crippen molar-refractivity contribution < 1.29 is 27.4 Å². The van der Waals surface area contributed by atoms with Crippen LogP contribution in [-0.4, -0.2) is 79.8 Å². The molecule has 1 aromatic carbocycles. The first kappa shape index (κ1) is 21.2. The van der Waals surface area contributed by atoms with Gasteiger partial charge in [-0.3, -0.25) is 4.79 Å². The number of hydrogen-bond acceptors (Lipinski definition) is 7. The number of morpholine rings is 1. The van der Waals surface area contributed by atoms with E-state index in [1.165, 1.54) is 23.1 Å². The molecule has 0 atom stereocenters. The number of nitrogens with zero attached hydrogens (tertiary/aromatic N) is 5. The van der Waals surface area contributed by atoms with Crippen molar-refractivity contribution in [1.82, 2.24) is 15.1 Å². The van der Waals surface area contributed by atoms with E-state index in [4.69, 9.17) is 4.74 Å². The lowest BCUT2D eigenvalue weighted by Gasteiger charge is -2.35. The van der Waals surface area contributed by atoms with Crippen LogP contribution in [0.25, 0.3) is 0 Å². The molecule has 0 saturated carbocycles. The molecule has 2 fully saturated rings. The Balaban J connectivity index is 1.37. The molecule has 0 N–H and O–H groups in total. The summed E-state index contributed by atoms with van der Waals surface area (Å²) in [5.41, 5.74) is -0.108. The van der Waals surface area contributed by atoms with Crippen LogP contribution in [0.5, 0.6) is 5.75 Å². The summed E-state index contributed by atoms with van der Waals surface area (Å²) in [4.78, 5) is 18.4. The monoisotopic (exact) mass is 437 g/mol. The molecule has 3 heterocycles. The second-order valence-corrected chi connectivity index (χ2v) is 7.17. The lowest BCUT2D eigenvalue weighted by molar-refractivity contribution is -0.274. The van der Waals surface area contributed by atoms with Crippen molar-refractivity contribution in [3.8, 4) is 5.75 Å². The Morgan fingerprint density at radius 1 is 0.871 bits per heavy atom. The summed E-state index contributed by atoms with van der Waals surface area (Å²) in [5, 5.41) is 8.61. The number of amides is 1. The fourth-order valence-electron chi connectivity index (χ4n) is 3.61. The van der Waals surface area contributed by atoms with E-state index >= 15 is 0 Å². The minimum absolute atomic E-state index is 0.108. The van der Waals surface area contributed by atoms with Crippen LogP contribution in [-0.2, 0) is 4.74 Å². The van der Waals surface area contributed by atoms with Crippen LogP contribution < -0.4 is 14.5 Å². The molecule has 0 bridgehead atoms. The molecule has 0 radical (unpaired) electrons. The number of anilines is 2. The molecule has 1 amide bonds. The quantitative estimate of drug-likeness (QED) is 0.726. The topological polar surface area (TPSA) is 71.0 Å². The average molecular weight is 437 g/mol. The normalized spacial score (nSPS) is 17.6. The van der Waals surface area contributed by atoms with Crippen LogP contribution >= 0.6 is 0 Å². The zero-order valence-electron chi connectivity index (χ0n) is 16.7. The second kappa shape index (κ2) is 8.96. The van der Waals surface area contributed by atoms with Crippen molar-refractivity contribution in [3.63, 3.8) is 0 Å². The van der Waals surface area contributed by atoms with Gasteiger partial charge in [0, 0.05) is 39.3 Å². The predicted octanol–water partition coefficient (Wildman–Crippen LogP) is 2.17. The van der Waals surface area contributed by atoms with Gasteiger partial charge >= 0.3 is 6.36 Å². The summed E-state index contributed by atoms with van der Waals surface area (Å²) < 4.78 is 47.3. The summed E-state index contributed by atoms with van der Waals surface area (Å²) >= 11 is 0. The molecule has 0 aliphatic carbocycles. The first-order valence-electron chi connectivity index (χ1n) is 9.96. The second-order valence-electron chi connectivity index (χ2n) is 7.17. The Hall–Kier alpha value is -3.08. The van der Waals surface area contributed by atoms with Crippen molar-refractivity contribution in [2.75, 3.05) is 62.3 Å². The summed E-state index contributed by atoms with van der Waals surface area (Å²) in [6.45, 7) is 4.58. The van der Waals surface area contributed by atoms with Crippen molar-refractivity contribution in [1.29, 1.82) is 0 Å². The van der Waals surface area contributed by atoms with Crippen LogP contribution in [0.1, 0.15) is 10.4 Å². The Bertz CT molecular complexity index is 896. The average Bonchev–Trinajstić information content (AvgIpc) is 2.79. The zero-order chi connectivity index (χ0) is 21.8. The van der Waals surface area contributed by atoms with Crippen LogP contribution in [0, 0.1) is 0 Å². The van der Waals surface area contributed by atoms with Crippen LogP contribution in [0.15, 0.2) is 36.4 Å². The van der Waals surface area contributed by atoms with E-state index in [-0.39, 0.29) is 5.56 Å². The number of para-hydroxylation sites is 1. The van der Waals surface area contributed by atoms with Crippen LogP contribution in [0.3, 0.4) is 0 Å². The molecular weight excluding hydrogens is 415 g/mol. The van der Waals surface area contributed by atoms with Gasteiger partial charge in [0.2, 0.25) is 0 Å². The van der Waals surface area contributed by atoms with Gasteiger partial charge in [-0.05, 0) is 24.3 Å². The van der Waals surface area contributed by atoms with Gasteiger partial charge in [0.1, 0.15) is 5.75 Å². The fraction of sp³-hybridized carbons (Fsp3) is 0.450. The number of carbonyl (C=O) groups is 1. The van der Waals surface area contributed by atoms with E-state index in [1.54, 1.807) is 0 Å². The molecule has 1 aromatic heterocycles. The van der Waals surface area contributed by atoms with Crippen molar-refractivity contribution in [2.45, 2.75) is 6.36 Å². The predicted molar refractivity (Wildman–Crippen MR) is 106 cm³/mol. The first-order valence-corrected chi connectivity index (χ1v) is 9.96. The van der Waals surface area contributed by atoms with Gasteiger partial charge in [-0.2, -0.15) is 0 Å². The van der Waals surface area contributed by atoms with E-state index in [1.807, 2.05) is 17.0 Å². The van der Waals surface area contributed by atoms with Crippen LogP contribution in [0.2, 0.25) is 0 Å². The van der Waals surface area contributed by atoms with Crippen molar-refractivity contribution in [3.05, 3.63) is 42.0 Å². The summed E-state index contributed by atoms with van der Waals surface area (Å²) in [6, 6.07) is 9.19. The largest absolute Gasteiger partial charge is 0.573 e. The van der Waals surface area contributed by atoms with Gasteiger partial charge in [-0.25, -0.2) is 0 Å². The number of halogens is 3. The SMILES string of the molecule is O=C(c1ccccc1OC(F)(F)F)N1CCN(c2ccc(N3CCOCC3)nn2)CC1. The van der Waals surface area contributed by atoms with Gasteiger partial charge < -0.3 is 24.2 Å². The Kier molecular flexibility index (Phi) is 6.12. The number of rotatable bonds is 4. The fourth-order valence-corrected chi connectivity index (χ4v) is 3.61. The van der Waals surface area contributed by atoms with Gasteiger partial charge in [-0.1, -0.05) is 12.1 Å². The lowest BCUT2D eigenvalue weighted by atomic mass is 10.1. The van der Waals surface area contributed by atoms with Crippen molar-refractivity contribution >= 4 is 17.5 Å². The van der Waals surface area contributed by atoms with E-state index in [0.717, 1.165) is 25.0 Å². The minimum atomic E-state index is -4.86. The van der Waals surface area contributed by atoms with Gasteiger partial charge in [0.25, 0.3) is 5.91 Å².